The first-order chi connectivity index (χ1) is 7.29. The van der Waals surface area contributed by atoms with Crippen LogP contribution in [0.2, 0.25) is 0 Å². The third-order valence-corrected chi connectivity index (χ3v) is 2.77. The van der Waals surface area contributed by atoms with E-state index in [-0.39, 0.29) is 6.42 Å². The second-order valence-electron chi connectivity index (χ2n) is 3.08. The fraction of sp³-hybridized carbons (Fsp3) is 0.500. The number of hydrogen-bond donors (Lipinski definition) is 1. The van der Waals surface area contributed by atoms with Crippen LogP contribution in [0.4, 0.5) is 0 Å². The van der Waals surface area contributed by atoms with Crippen LogP contribution >= 0.6 is 11.8 Å². The molecule has 1 aromatic rings. The highest BCUT2D eigenvalue weighted by molar-refractivity contribution is 7.99. The molecule has 1 heterocycles. The van der Waals surface area contributed by atoms with E-state index in [4.69, 9.17) is 5.11 Å². The summed E-state index contributed by atoms with van der Waals surface area (Å²) in [5, 5.41) is 9.21. The smallest absolute Gasteiger partial charge is 0.303 e. The molecule has 0 saturated carbocycles. The van der Waals surface area contributed by atoms with E-state index in [1.165, 1.54) is 0 Å². The van der Waals surface area contributed by atoms with Crippen molar-refractivity contribution >= 4 is 17.7 Å². The molecule has 0 aliphatic rings. The summed E-state index contributed by atoms with van der Waals surface area (Å²) in [5.74, 6) is 0.234. The molecule has 0 aliphatic heterocycles. The third-order valence-electron chi connectivity index (χ3n) is 1.81. The van der Waals surface area contributed by atoms with Gasteiger partial charge in [-0.25, -0.2) is 9.97 Å². The summed E-state index contributed by atoms with van der Waals surface area (Å²) in [4.78, 5) is 18.4. The van der Waals surface area contributed by atoms with Crippen molar-refractivity contribution < 1.29 is 9.90 Å². The Morgan fingerprint density at radius 1 is 1.27 bits per heavy atom. The molecule has 15 heavy (non-hydrogen) atoms. The fourth-order valence-electron chi connectivity index (χ4n) is 1.08. The third kappa shape index (κ3) is 6.06. The summed E-state index contributed by atoms with van der Waals surface area (Å²) < 4.78 is 0. The van der Waals surface area contributed by atoms with E-state index in [0.717, 1.165) is 30.2 Å². The second kappa shape index (κ2) is 7.23. The Balaban J connectivity index is 2.00. The molecule has 1 rings (SSSR count). The summed E-state index contributed by atoms with van der Waals surface area (Å²) in [6.45, 7) is 0. The molecular weight excluding hydrogens is 212 g/mol. The van der Waals surface area contributed by atoms with Gasteiger partial charge >= 0.3 is 5.97 Å². The maximum atomic E-state index is 10.2. The minimum atomic E-state index is -0.714. The Morgan fingerprint density at radius 3 is 2.67 bits per heavy atom. The van der Waals surface area contributed by atoms with Gasteiger partial charge in [0.05, 0.1) is 0 Å². The van der Waals surface area contributed by atoms with Gasteiger partial charge < -0.3 is 5.11 Å². The fourth-order valence-corrected chi connectivity index (χ4v) is 1.88. The van der Waals surface area contributed by atoms with Gasteiger partial charge in [0.2, 0.25) is 0 Å². The van der Waals surface area contributed by atoms with E-state index in [1.54, 1.807) is 30.2 Å². The normalized spacial score (nSPS) is 10.1. The van der Waals surface area contributed by atoms with Crippen LogP contribution in [0.5, 0.6) is 0 Å². The Kier molecular flexibility index (Phi) is 5.77. The summed E-state index contributed by atoms with van der Waals surface area (Å²) in [7, 11) is 0. The summed E-state index contributed by atoms with van der Waals surface area (Å²) in [6, 6.07) is 1.79. The van der Waals surface area contributed by atoms with Gasteiger partial charge in [0.1, 0.15) is 0 Å². The molecule has 0 unspecified atom stereocenters. The number of aromatic nitrogens is 2. The Labute approximate surface area is 93.1 Å². The minimum Gasteiger partial charge on any atom is -0.481 e. The molecule has 0 aliphatic carbocycles. The van der Waals surface area contributed by atoms with Gasteiger partial charge in [-0.3, -0.25) is 4.79 Å². The average Bonchev–Trinajstić information content (AvgIpc) is 2.24. The largest absolute Gasteiger partial charge is 0.481 e. The SMILES string of the molecule is O=C(O)CCCCCSc1ncccn1. The Morgan fingerprint density at radius 2 is 2.00 bits per heavy atom. The van der Waals surface area contributed by atoms with Crippen molar-refractivity contribution in [1.82, 2.24) is 9.97 Å². The Bertz CT molecular complexity index is 293. The maximum absolute atomic E-state index is 10.2. The molecule has 1 aromatic heterocycles. The van der Waals surface area contributed by atoms with E-state index < -0.39 is 5.97 Å². The zero-order valence-electron chi connectivity index (χ0n) is 8.43. The summed E-state index contributed by atoms with van der Waals surface area (Å²) in [5.41, 5.74) is 0. The number of nitrogens with zero attached hydrogens (tertiary/aromatic N) is 2. The number of unbranched alkanes of at least 4 members (excludes halogenated alkanes) is 2. The van der Waals surface area contributed by atoms with Crippen LogP contribution in [0.15, 0.2) is 23.6 Å². The molecule has 1 N–H and O–H groups in total. The van der Waals surface area contributed by atoms with E-state index in [1.807, 2.05) is 0 Å². The molecule has 0 amide bonds. The molecular formula is C10H14N2O2S. The van der Waals surface area contributed by atoms with Crippen molar-refractivity contribution in [2.24, 2.45) is 0 Å². The monoisotopic (exact) mass is 226 g/mol. The van der Waals surface area contributed by atoms with Crippen LogP contribution < -0.4 is 0 Å². The number of carbonyl (C=O) groups is 1. The highest BCUT2D eigenvalue weighted by Crippen LogP contribution is 2.14. The molecule has 0 fully saturated rings. The predicted molar refractivity (Wildman–Crippen MR) is 58.9 cm³/mol. The van der Waals surface area contributed by atoms with Gasteiger partial charge in [-0.1, -0.05) is 18.2 Å². The first-order valence-electron chi connectivity index (χ1n) is 4.90. The number of thioether (sulfide) groups is 1. The lowest BCUT2D eigenvalue weighted by Crippen LogP contribution is -1.94. The van der Waals surface area contributed by atoms with Crippen LogP contribution in [-0.2, 0) is 4.79 Å². The molecule has 4 nitrogen and oxygen atoms in total. The maximum Gasteiger partial charge on any atom is 0.303 e. The molecule has 0 bridgehead atoms. The first-order valence-corrected chi connectivity index (χ1v) is 5.89. The summed E-state index contributed by atoms with van der Waals surface area (Å²) in [6.07, 6.45) is 6.43. The lowest BCUT2D eigenvalue weighted by molar-refractivity contribution is -0.137. The van der Waals surface area contributed by atoms with E-state index in [9.17, 15) is 4.79 Å². The molecule has 0 aromatic carbocycles. The van der Waals surface area contributed by atoms with Gasteiger partial charge in [0, 0.05) is 24.6 Å². The number of carboxylic acid groups (broad SMARTS) is 1. The van der Waals surface area contributed by atoms with E-state index in [0.29, 0.717) is 0 Å². The standard InChI is InChI=1S/C10H14N2O2S/c13-9(14)5-2-1-3-8-15-10-11-6-4-7-12-10/h4,6-7H,1-3,5,8H2,(H,13,14). The van der Waals surface area contributed by atoms with Crippen LogP contribution in [-0.4, -0.2) is 26.8 Å². The minimum absolute atomic E-state index is 0.270. The van der Waals surface area contributed by atoms with Gasteiger partial charge in [-0.15, -0.1) is 0 Å². The molecule has 0 saturated heterocycles. The molecule has 0 spiro atoms. The molecule has 82 valence electrons. The predicted octanol–water partition coefficient (Wildman–Crippen LogP) is 2.21. The van der Waals surface area contributed by atoms with Gasteiger partial charge in [0.25, 0.3) is 0 Å². The number of rotatable bonds is 7. The van der Waals surface area contributed by atoms with Crippen molar-refractivity contribution in [2.45, 2.75) is 30.8 Å². The van der Waals surface area contributed by atoms with E-state index in [2.05, 4.69) is 9.97 Å². The van der Waals surface area contributed by atoms with Crippen LogP contribution in [0, 0.1) is 0 Å². The van der Waals surface area contributed by atoms with Crippen molar-refractivity contribution in [3.05, 3.63) is 18.5 Å². The Hall–Kier alpha value is -1.10. The first kappa shape index (κ1) is 12.0. The van der Waals surface area contributed by atoms with Gasteiger partial charge in [-0.2, -0.15) is 0 Å². The zero-order chi connectivity index (χ0) is 10.9. The van der Waals surface area contributed by atoms with Gasteiger partial charge in [-0.05, 0) is 18.9 Å². The molecule has 5 heteroatoms. The highest BCUT2D eigenvalue weighted by atomic mass is 32.2. The van der Waals surface area contributed by atoms with Crippen molar-refractivity contribution in [3.8, 4) is 0 Å². The number of aliphatic carboxylic acids is 1. The van der Waals surface area contributed by atoms with Crippen LogP contribution in [0.1, 0.15) is 25.7 Å². The topological polar surface area (TPSA) is 63.1 Å². The molecule has 0 radical (unpaired) electrons. The zero-order valence-corrected chi connectivity index (χ0v) is 9.24. The van der Waals surface area contributed by atoms with E-state index >= 15 is 0 Å². The number of carboxylic acids is 1. The summed E-state index contributed by atoms with van der Waals surface area (Å²) >= 11 is 1.61. The van der Waals surface area contributed by atoms with Crippen LogP contribution in [0.3, 0.4) is 0 Å². The second-order valence-corrected chi connectivity index (χ2v) is 4.15. The highest BCUT2D eigenvalue weighted by Gasteiger charge is 1.98. The van der Waals surface area contributed by atoms with Crippen molar-refractivity contribution in [1.29, 1.82) is 0 Å². The average molecular weight is 226 g/mol. The van der Waals surface area contributed by atoms with Crippen LogP contribution in [0.25, 0.3) is 0 Å². The number of hydrogen-bond acceptors (Lipinski definition) is 4. The lowest BCUT2D eigenvalue weighted by Gasteiger charge is -1.99. The van der Waals surface area contributed by atoms with Crippen molar-refractivity contribution in [2.75, 3.05) is 5.75 Å². The van der Waals surface area contributed by atoms with Crippen molar-refractivity contribution in [3.63, 3.8) is 0 Å². The molecule has 0 atom stereocenters. The quantitative estimate of drug-likeness (QED) is 0.439. The lowest BCUT2D eigenvalue weighted by atomic mass is 10.2. The van der Waals surface area contributed by atoms with Gasteiger partial charge in [0.15, 0.2) is 5.16 Å².